The number of nitro groups is 1. The second kappa shape index (κ2) is 4.52. The van der Waals surface area contributed by atoms with Gasteiger partial charge in [-0.1, -0.05) is 0 Å². The number of aryl methyl sites for hydroxylation is 3. The van der Waals surface area contributed by atoms with E-state index in [9.17, 15) is 14.9 Å². The van der Waals surface area contributed by atoms with Gasteiger partial charge in [-0.3, -0.25) is 24.3 Å². The summed E-state index contributed by atoms with van der Waals surface area (Å²) in [7, 11) is 3.18. The van der Waals surface area contributed by atoms with Gasteiger partial charge in [-0.15, -0.1) is 0 Å². The summed E-state index contributed by atoms with van der Waals surface area (Å²) in [6.07, 6.45) is 1.65. The van der Waals surface area contributed by atoms with E-state index in [1.807, 2.05) is 0 Å². The van der Waals surface area contributed by atoms with Crippen LogP contribution in [0.15, 0.2) is 12.3 Å². The van der Waals surface area contributed by atoms with Crippen LogP contribution in [0.4, 0.5) is 11.5 Å². The molecule has 0 saturated carbocycles. The number of nitrogens with zero attached hydrogens (tertiary/aromatic N) is 5. The van der Waals surface area contributed by atoms with Gasteiger partial charge >= 0.3 is 5.69 Å². The highest BCUT2D eigenvalue weighted by atomic mass is 16.6. The molecule has 0 radical (unpaired) electrons. The van der Waals surface area contributed by atoms with Gasteiger partial charge in [-0.05, 0) is 6.92 Å². The summed E-state index contributed by atoms with van der Waals surface area (Å²) in [6, 6.07) is 1.59. The van der Waals surface area contributed by atoms with E-state index >= 15 is 0 Å². The molecule has 0 bridgehead atoms. The first kappa shape index (κ1) is 12.7. The molecule has 9 nitrogen and oxygen atoms in total. The molecule has 2 aromatic rings. The molecular weight excluding hydrogens is 252 g/mol. The van der Waals surface area contributed by atoms with E-state index in [1.54, 1.807) is 19.3 Å². The topological polar surface area (TPSA) is 108 Å². The number of nitrogens with one attached hydrogen (secondary N) is 1. The normalized spacial score (nSPS) is 10.5. The van der Waals surface area contributed by atoms with Crippen LogP contribution in [0.3, 0.4) is 0 Å². The van der Waals surface area contributed by atoms with Crippen LogP contribution in [0.5, 0.6) is 0 Å². The second-order valence-electron chi connectivity index (χ2n) is 3.99. The maximum atomic E-state index is 12.1. The number of aromatic nitrogens is 4. The van der Waals surface area contributed by atoms with Gasteiger partial charge in [0.15, 0.2) is 5.82 Å². The lowest BCUT2D eigenvalue weighted by Crippen LogP contribution is -2.18. The lowest BCUT2D eigenvalue weighted by molar-refractivity contribution is -0.385. The molecule has 9 heteroatoms. The zero-order valence-corrected chi connectivity index (χ0v) is 10.6. The lowest BCUT2D eigenvalue weighted by atomic mass is 10.3. The molecule has 1 N–H and O–H groups in total. The Morgan fingerprint density at radius 2 is 2.11 bits per heavy atom. The van der Waals surface area contributed by atoms with E-state index in [0.717, 1.165) is 0 Å². The Hall–Kier alpha value is -2.71. The third-order valence-corrected chi connectivity index (χ3v) is 2.54. The van der Waals surface area contributed by atoms with Gasteiger partial charge in [0.1, 0.15) is 5.69 Å². The Kier molecular flexibility index (Phi) is 3.03. The van der Waals surface area contributed by atoms with Gasteiger partial charge in [0, 0.05) is 26.4 Å². The molecule has 0 atom stereocenters. The van der Waals surface area contributed by atoms with Crippen LogP contribution in [0.2, 0.25) is 0 Å². The molecule has 2 aromatic heterocycles. The Labute approximate surface area is 108 Å². The molecule has 0 aliphatic heterocycles. The molecule has 2 heterocycles. The molecule has 0 aliphatic carbocycles. The summed E-state index contributed by atoms with van der Waals surface area (Å²) in [6.45, 7) is 1.48. The van der Waals surface area contributed by atoms with Gasteiger partial charge in [-0.25, -0.2) is 0 Å². The Morgan fingerprint density at radius 3 is 2.63 bits per heavy atom. The maximum absolute atomic E-state index is 12.1. The van der Waals surface area contributed by atoms with Crippen molar-refractivity contribution < 1.29 is 9.72 Å². The molecule has 100 valence electrons. The smallest absolute Gasteiger partial charge is 0.304 e. The summed E-state index contributed by atoms with van der Waals surface area (Å²) in [4.78, 5) is 22.4. The van der Waals surface area contributed by atoms with Crippen LogP contribution < -0.4 is 5.32 Å². The molecule has 0 spiro atoms. The standard InChI is InChI=1S/C10H12N6O3/c1-6-8(16(18)19)9(15(3)12-6)10(17)11-7-4-5-14(2)13-7/h4-5H,1-3H3,(H,11,13,17). The summed E-state index contributed by atoms with van der Waals surface area (Å²) >= 11 is 0. The van der Waals surface area contributed by atoms with Crippen LogP contribution in [0.1, 0.15) is 16.2 Å². The maximum Gasteiger partial charge on any atom is 0.322 e. The minimum Gasteiger partial charge on any atom is -0.304 e. The minimum atomic E-state index is -0.617. The van der Waals surface area contributed by atoms with Gasteiger partial charge in [-0.2, -0.15) is 10.2 Å². The van der Waals surface area contributed by atoms with Crippen molar-refractivity contribution in [3.8, 4) is 0 Å². The third kappa shape index (κ3) is 2.30. The summed E-state index contributed by atoms with van der Waals surface area (Å²) in [5, 5.41) is 21.3. The minimum absolute atomic E-state index is 0.104. The first-order valence-corrected chi connectivity index (χ1v) is 5.39. The number of carbonyl (C=O) groups is 1. The molecule has 2 rings (SSSR count). The molecular formula is C10H12N6O3. The van der Waals surface area contributed by atoms with Crippen molar-refractivity contribution in [3.63, 3.8) is 0 Å². The quantitative estimate of drug-likeness (QED) is 0.645. The van der Waals surface area contributed by atoms with Crippen LogP contribution in [-0.2, 0) is 14.1 Å². The van der Waals surface area contributed by atoms with Crippen LogP contribution in [0, 0.1) is 17.0 Å². The Bertz CT molecular complexity index is 656. The highest BCUT2D eigenvalue weighted by molar-refractivity contribution is 6.05. The summed E-state index contributed by atoms with van der Waals surface area (Å²) in [5.74, 6) is -0.297. The molecule has 0 unspecified atom stereocenters. The van der Waals surface area contributed by atoms with Gasteiger partial charge < -0.3 is 5.32 Å². The lowest BCUT2D eigenvalue weighted by Gasteiger charge is -2.01. The number of carbonyl (C=O) groups excluding carboxylic acids is 1. The molecule has 0 aliphatic rings. The SMILES string of the molecule is Cc1nn(C)c(C(=O)Nc2ccn(C)n2)c1[N+](=O)[O-]. The zero-order valence-electron chi connectivity index (χ0n) is 10.6. The highest BCUT2D eigenvalue weighted by Crippen LogP contribution is 2.22. The number of amides is 1. The first-order valence-electron chi connectivity index (χ1n) is 5.39. The highest BCUT2D eigenvalue weighted by Gasteiger charge is 2.29. The fraction of sp³-hybridized carbons (Fsp3) is 0.300. The van der Waals surface area contributed by atoms with Crippen LogP contribution in [-0.4, -0.2) is 30.4 Å². The Morgan fingerprint density at radius 1 is 1.42 bits per heavy atom. The van der Waals surface area contributed by atoms with Gasteiger partial charge in [0.05, 0.1) is 4.92 Å². The van der Waals surface area contributed by atoms with E-state index in [1.165, 1.54) is 23.3 Å². The monoisotopic (exact) mass is 264 g/mol. The van der Waals surface area contributed by atoms with E-state index in [-0.39, 0.29) is 17.1 Å². The summed E-state index contributed by atoms with van der Waals surface area (Å²) in [5.41, 5.74) is -0.206. The number of hydrogen-bond donors (Lipinski definition) is 1. The van der Waals surface area contributed by atoms with Crippen LogP contribution >= 0.6 is 0 Å². The molecule has 19 heavy (non-hydrogen) atoms. The second-order valence-corrected chi connectivity index (χ2v) is 3.99. The van der Waals surface area contributed by atoms with Crippen molar-refractivity contribution in [1.29, 1.82) is 0 Å². The predicted molar refractivity (Wildman–Crippen MR) is 65.8 cm³/mol. The molecule has 0 saturated heterocycles. The fourth-order valence-corrected chi connectivity index (χ4v) is 1.78. The largest absolute Gasteiger partial charge is 0.322 e. The van der Waals surface area contributed by atoms with E-state index in [2.05, 4.69) is 15.5 Å². The average molecular weight is 264 g/mol. The van der Waals surface area contributed by atoms with Gasteiger partial charge in [0.25, 0.3) is 5.91 Å². The van der Waals surface area contributed by atoms with E-state index in [0.29, 0.717) is 5.82 Å². The summed E-state index contributed by atoms with van der Waals surface area (Å²) < 4.78 is 2.70. The van der Waals surface area contributed by atoms with Crippen molar-refractivity contribution >= 4 is 17.4 Å². The number of anilines is 1. The van der Waals surface area contributed by atoms with Crippen molar-refractivity contribution in [2.24, 2.45) is 14.1 Å². The predicted octanol–water partition coefficient (Wildman–Crippen LogP) is 0.623. The van der Waals surface area contributed by atoms with Gasteiger partial charge in [0.2, 0.25) is 5.69 Å². The zero-order chi connectivity index (χ0) is 14.2. The fourth-order valence-electron chi connectivity index (χ4n) is 1.78. The third-order valence-electron chi connectivity index (χ3n) is 2.54. The number of hydrogen-bond acceptors (Lipinski definition) is 5. The van der Waals surface area contributed by atoms with E-state index < -0.39 is 10.8 Å². The average Bonchev–Trinajstić information content (AvgIpc) is 2.82. The van der Waals surface area contributed by atoms with Crippen molar-refractivity contribution in [2.45, 2.75) is 6.92 Å². The molecule has 0 fully saturated rings. The van der Waals surface area contributed by atoms with Crippen molar-refractivity contribution in [3.05, 3.63) is 33.8 Å². The molecule has 1 amide bonds. The Balaban J connectivity index is 2.36. The van der Waals surface area contributed by atoms with Crippen molar-refractivity contribution in [2.75, 3.05) is 5.32 Å². The molecule has 0 aromatic carbocycles. The van der Waals surface area contributed by atoms with Crippen LogP contribution in [0.25, 0.3) is 0 Å². The number of rotatable bonds is 3. The first-order chi connectivity index (χ1) is 8.90. The van der Waals surface area contributed by atoms with E-state index in [4.69, 9.17) is 0 Å². The van der Waals surface area contributed by atoms with Crippen molar-refractivity contribution in [1.82, 2.24) is 19.6 Å².